The number of halogens is 1. The highest BCUT2D eigenvalue weighted by Gasteiger charge is 2.23. The molecule has 6 nitrogen and oxygen atoms in total. The molecule has 0 atom stereocenters. The molecule has 0 aliphatic carbocycles. The van der Waals surface area contributed by atoms with Gasteiger partial charge in [0.2, 0.25) is 0 Å². The van der Waals surface area contributed by atoms with Gasteiger partial charge in [0.25, 0.3) is 11.8 Å². The van der Waals surface area contributed by atoms with Gasteiger partial charge in [-0.25, -0.2) is 0 Å². The summed E-state index contributed by atoms with van der Waals surface area (Å²) in [5.74, 6) is -0.231. The highest BCUT2D eigenvalue weighted by atomic mass is 35.5. The predicted molar refractivity (Wildman–Crippen MR) is 136 cm³/mol. The second-order valence-corrected chi connectivity index (χ2v) is 8.40. The van der Waals surface area contributed by atoms with Gasteiger partial charge in [0.05, 0.1) is 10.7 Å². The molecule has 4 rings (SSSR count). The van der Waals surface area contributed by atoms with Gasteiger partial charge in [-0.05, 0) is 54.7 Å². The van der Waals surface area contributed by atoms with E-state index >= 15 is 0 Å². The van der Waals surface area contributed by atoms with Crippen LogP contribution >= 0.6 is 23.8 Å². The monoisotopic (exact) mass is 478 g/mol. The van der Waals surface area contributed by atoms with E-state index < -0.39 is 0 Å². The lowest BCUT2D eigenvalue weighted by atomic mass is 10.1. The van der Waals surface area contributed by atoms with Crippen molar-refractivity contribution < 1.29 is 9.59 Å². The fourth-order valence-electron chi connectivity index (χ4n) is 3.68. The van der Waals surface area contributed by atoms with E-state index in [4.69, 9.17) is 23.8 Å². The first-order valence-electron chi connectivity index (χ1n) is 10.6. The van der Waals surface area contributed by atoms with E-state index in [2.05, 4.69) is 15.5 Å². The van der Waals surface area contributed by atoms with E-state index in [1.54, 1.807) is 30.3 Å². The average molecular weight is 479 g/mol. The molecular formula is C25H23ClN4O2S. The van der Waals surface area contributed by atoms with Crippen LogP contribution < -0.4 is 15.5 Å². The van der Waals surface area contributed by atoms with Gasteiger partial charge in [0.1, 0.15) is 0 Å². The Morgan fingerprint density at radius 1 is 0.818 bits per heavy atom. The first kappa shape index (κ1) is 22.8. The summed E-state index contributed by atoms with van der Waals surface area (Å²) in [5, 5.41) is 6.42. The van der Waals surface area contributed by atoms with Gasteiger partial charge >= 0.3 is 0 Å². The number of hydrogen-bond acceptors (Lipinski definition) is 4. The summed E-state index contributed by atoms with van der Waals surface area (Å²) in [6.07, 6.45) is 0. The number of rotatable bonds is 4. The first-order valence-corrected chi connectivity index (χ1v) is 11.4. The number of piperazine rings is 1. The Morgan fingerprint density at radius 3 is 2.03 bits per heavy atom. The second kappa shape index (κ2) is 10.5. The van der Waals surface area contributed by atoms with Crippen LogP contribution in [0.2, 0.25) is 5.02 Å². The summed E-state index contributed by atoms with van der Waals surface area (Å²) in [5.41, 5.74) is 2.81. The van der Waals surface area contributed by atoms with Gasteiger partial charge in [0.15, 0.2) is 5.11 Å². The summed E-state index contributed by atoms with van der Waals surface area (Å²) >= 11 is 11.8. The fraction of sp³-hybridized carbons (Fsp3) is 0.160. The van der Waals surface area contributed by atoms with Gasteiger partial charge in [-0.3, -0.25) is 14.9 Å². The molecule has 2 amide bonds. The van der Waals surface area contributed by atoms with Crippen molar-refractivity contribution in [1.82, 2.24) is 10.2 Å². The molecule has 3 aromatic rings. The standard InChI is InChI=1S/C25H23ClN4O2S/c26-21-17-20(27-25(33)28-23(31)18-7-3-1-4-8-18)11-12-22(21)29-13-15-30(16-14-29)24(32)19-9-5-2-6-10-19/h1-12,17H,13-16H2,(H2,27,28,31,33). The number of benzene rings is 3. The third-order valence-corrected chi connectivity index (χ3v) is 5.90. The molecule has 0 saturated carbocycles. The lowest BCUT2D eigenvalue weighted by Gasteiger charge is -2.36. The number of carbonyl (C=O) groups excluding carboxylic acids is 2. The van der Waals surface area contributed by atoms with Crippen LogP contribution in [0.25, 0.3) is 0 Å². The highest BCUT2D eigenvalue weighted by molar-refractivity contribution is 7.80. The van der Waals surface area contributed by atoms with Gasteiger partial charge < -0.3 is 15.1 Å². The number of thiocarbonyl (C=S) groups is 1. The van der Waals surface area contributed by atoms with Crippen LogP contribution in [0.15, 0.2) is 78.9 Å². The van der Waals surface area contributed by atoms with Crippen LogP contribution in [0.5, 0.6) is 0 Å². The number of hydrogen-bond donors (Lipinski definition) is 2. The van der Waals surface area contributed by atoms with E-state index in [0.29, 0.717) is 48.0 Å². The molecule has 1 aliphatic rings. The smallest absolute Gasteiger partial charge is 0.257 e. The van der Waals surface area contributed by atoms with Crippen molar-refractivity contribution in [1.29, 1.82) is 0 Å². The summed E-state index contributed by atoms with van der Waals surface area (Å²) in [4.78, 5) is 28.9. The lowest BCUT2D eigenvalue weighted by Crippen LogP contribution is -2.48. The molecule has 0 unspecified atom stereocenters. The van der Waals surface area contributed by atoms with Crippen LogP contribution in [0.3, 0.4) is 0 Å². The molecule has 0 radical (unpaired) electrons. The molecule has 1 saturated heterocycles. The third kappa shape index (κ3) is 5.69. The minimum Gasteiger partial charge on any atom is -0.367 e. The molecule has 2 N–H and O–H groups in total. The maximum absolute atomic E-state index is 12.7. The number of amides is 2. The number of nitrogens with one attached hydrogen (secondary N) is 2. The second-order valence-electron chi connectivity index (χ2n) is 7.59. The molecule has 3 aromatic carbocycles. The molecule has 168 valence electrons. The van der Waals surface area contributed by atoms with Crippen molar-refractivity contribution in [2.75, 3.05) is 36.4 Å². The summed E-state index contributed by atoms with van der Waals surface area (Å²) in [7, 11) is 0. The minimum atomic E-state index is -0.279. The highest BCUT2D eigenvalue weighted by Crippen LogP contribution is 2.30. The zero-order chi connectivity index (χ0) is 23.2. The molecule has 0 bridgehead atoms. The zero-order valence-electron chi connectivity index (χ0n) is 17.8. The van der Waals surface area contributed by atoms with Crippen LogP contribution in [0.1, 0.15) is 20.7 Å². The normalized spacial score (nSPS) is 13.4. The fourth-order valence-corrected chi connectivity index (χ4v) is 4.19. The van der Waals surface area contributed by atoms with Crippen LogP contribution in [-0.2, 0) is 0 Å². The minimum absolute atomic E-state index is 0.0481. The largest absolute Gasteiger partial charge is 0.367 e. The SMILES string of the molecule is O=C(NC(=S)Nc1ccc(N2CCN(C(=O)c3ccccc3)CC2)c(Cl)c1)c1ccccc1. The maximum atomic E-state index is 12.7. The van der Waals surface area contributed by atoms with Crippen LogP contribution in [0.4, 0.5) is 11.4 Å². The van der Waals surface area contributed by atoms with Crippen molar-refractivity contribution in [2.24, 2.45) is 0 Å². The summed E-state index contributed by atoms with van der Waals surface area (Å²) < 4.78 is 0. The van der Waals surface area contributed by atoms with E-state index in [1.807, 2.05) is 53.4 Å². The topological polar surface area (TPSA) is 64.7 Å². The summed E-state index contributed by atoms with van der Waals surface area (Å²) in [6, 6.07) is 23.8. The van der Waals surface area contributed by atoms with E-state index in [0.717, 1.165) is 5.69 Å². The summed E-state index contributed by atoms with van der Waals surface area (Å²) in [6.45, 7) is 2.63. The Morgan fingerprint density at radius 2 is 1.42 bits per heavy atom. The Hall–Kier alpha value is -3.42. The van der Waals surface area contributed by atoms with Crippen molar-refractivity contribution in [3.05, 3.63) is 95.0 Å². The Labute approximate surface area is 203 Å². The van der Waals surface area contributed by atoms with Crippen LogP contribution in [0, 0.1) is 0 Å². The quantitative estimate of drug-likeness (QED) is 0.543. The van der Waals surface area contributed by atoms with E-state index in [1.165, 1.54) is 0 Å². The molecule has 8 heteroatoms. The first-order chi connectivity index (χ1) is 16.0. The number of carbonyl (C=O) groups is 2. The van der Waals surface area contributed by atoms with Crippen molar-refractivity contribution >= 4 is 52.1 Å². The molecule has 33 heavy (non-hydrogen) atoms. The number of anilines is 2. The van der Waals surface area contributed by atoms with E-state index in [-0.39, 0.29) is 16.9 Å². The van der Waals surface area contributed by atoms with Crippen molar-refractivity contribution in [3.8, 4) is 0 Å². The Bertz CT molecular complexity index is 1150. The molecular weight excluding hydrogens is 456 g/mol. The predicted octanol–water partition coefficient (Wildman–Crippen LogP) is 4.43. The Kier molecular flexibility index (Phi) is 7.22. The molecule has 1 fully saturated rings. The molecule has 1 heterocycles. The lowest BCUT2D eigenvalue weighted by molar-refractivity contribution is 0.0746. The number of nitrogens with zero attached hydrogens (tertiary/aromatic N) is 2. The average Bonchev–Trinajstić information content (AvgIpc) is 2.85. The molecule has 0 spiro atoms. The van der Waals surface area contributed by atoms with Gasteiger partial charge in [-0.15, -0.1) is 0 Å². The Balaban J connectivity index is 1.33. The maximum Gasteiger partial charge on any atom is 0.257 e. The zero-order valence-corrected chi connectivity index (χ0v) is 19.4. The molecule has 1 aliphatic heterocycles. The van der Waals surface area contributed by atoms with Crippen molar-refractivity contribution in [2.45, 2.75) is 0 Å². The molecule has 0 aromatic heterocycles. The third-order valence-electron chi connectivity index (χ3n) is 5.40. The van der Waals surface area contributed by atoms with Crippen LogP contribution in [-0.4, -0.2) is 48.0 Å². The van der Waals surface area contributed by atoms with Crippen molar-refractivity contribution in [3.63, 3.8) is 0 Å². The van der Waals surface area contributed by atoms with Gasteiger partial charge in [-0.2, -0.15) is 0 Å². The van der Waals surface area contributed by atoms with Gasteiger partial charge in [0, 0.05) is 43.0 Å². The van der Waals surface area contributed by atoms with Gasteiger partial charge in [-0.1, -0.05) is 48.0 Å². The van der Waals surface area contributed by atoms with E-state index in [9.17, 15) is 9.59 Å².